The highest BCUT2D eigenvalue weighted by Crippen LogP contribution is 2.35. The van der Waals surface area contributed by atoms with E-state index in [0.717, 1.165) is 30.8 Å². The summed E-state index contributed by atoms with van der Waals surface area (Å²) in [6, 6.07) is 8.87. The van der Waals surface area contributed by atoms with Crippen LogP contribution >= 0.6 is 11.6 Å². The fourth-order valence-electron chi connectivity index (χ4n) is 2.72. The van der Waals surface area contributed by atoms with E-state index in [1.54, 1.807) is 12.4 Å². The predicted octanol–water partition coefficient (Wildman–Crippen LogP) is 2.93. The van der Waals surface area contributed by atoms with Gasteiger partial charge in [-0.25, -0.2) is 9.97 Å². The summed E-state index contributed by atoms with van der Waals surface area (Å²) >= 11 is 5.80. The van der Waals surface area contributed by atoms with Crippen LogP contribution in [0, 0.1) is 0 Å². The summed E-state index contributed by atoms with van der Waals surface area (Å²) in [5.74, 6) is 0.889. The van der Waals surface area contributed by atoms with E-state index in [1.807, 2.05) is 0 Å². The van der Waals surface area contributed by atoms with E-state index in [-0.39, 0.29) is 0 Å². The first-order valence-corrected chi connectivity index (χ1v) is 7.19. The quantitative estimate of drug-likeness (QED) is 0.943. The second-order valence-electron chi connectivity index (χ2n) is 4.99. The molecule has 20 heavy (non-hydrogen) atoms. The third-order valence-corrected chi connectivity index (χ3v) is 3.95. The summed E-state index contributed by atoms with van der Waals surface area (Å²) in [6.07, 6.45) is 5.64. The maximum atomic E-state index is 5.80. The zero-order valence-corrected chi connectivity index (χ0v) is 11.9. The van der Waals surface area contributed by atoms with Crippen molar-refractivity contribution in [2.24, 2.45) is 5.73 Å². The van der Waals surface area contributed by atoms with Crippen LogP contribution in [0.2, 0.25) is 5.15 Å². The first-order valence-electron chi connectivity index (χ1n) is 6.81. The molecular weight excluding hydrogens is 272 g/mol. The molecule has 1 aliphatic heterocycles. The molecule has 2 aromatic rings. The van der Waals surface area contributed by atoms with Gasteiger partial charge in [-0.05, 0) is 24.0 Å². The van der Waals surface area contributed by atoms with Crippen LogP contribution < -0.4 is 10.6 Å². The Balaban J connectivity index is 1.86. The summed E-state index contributed by atoms with van der Waals surface area (Å²) in [5, 5.41) is 0.428. The van der Waals surface area contributed by atoms with E-state index in [1.165, 1.54) is 5.56 Å². The van der Waals surface area contributed by atoms with E-state index in [4.69, 9.17) is 17.3 Å². The Morgan fingerprint density at radius 1 is 1.20 bits per heavy atom. The van der Waals surface area contributed by atoms with Gasteiger partial charge in [0.05, 0.1) is 18.4 Å². The minimum absolute atomic E-state index is 0.359. The molecule has 1 aromatic carbocycles. The first-order chi connectivity index (χ1) is 9.78. The molecule has 0 unspecified atom stereocenters. The molecule has 3 rings (SSSR count). The van der Waals surface area contributed by atoms with Crippen molar-refractivity contribution < 1.29 is 0 Å². The minimum atomic E-state index is 0.359. The molecule has 0 radical (unpaired) electrons. The molecule has 0 spiro atoms. The van der Waals surface area contributed by atoms with Crippen molar-refractivity contribution in [2.75, 3.05) is 11.4 Å². The monoisotopic (exact) mass is 288 g/mol. The van der Waals surface area contributed by atoms with Gasteiger partial charge in [-0.15, -0.1) is 0 Å². The predicted molar refractivity (Wildman–Crippen MR) is 80.7 cm³/mol. The molecule has 0 saturated carbocycles. The maximum absolute atomic E-state index is 5.80. The van der Waals surface area contributed by atoms with E-state index < -0.39 is 0 Å². The Labute approximate surface area is 123 Å². The van der Waals surface area contributed by atoms with Crippen molar-refractivity contribution in [3.8, 4) is 0 Å². The Kier molecular flexibility index (Phi) is 3.85. The van der Waals surface area contributed by atoms with Crippen LogP contribution in [-0.4, -0.2) is 16.5 Å². The number of halogens is 1. The molecule has 0 aliphatic carbocycles. The van der Waals surface area contributed by atoms with E-state index in [2.05, 4.69) is 39.1 Å². The van der Waals surface area contributed by atoms with Gasteiger partial charge in [0, 0.05) is 13.1 Å². The van der Waals surface area contributed by atoms with E-state index >= 15 is 0 Å². The molecule has 0 amide bonds. The minimum Gasteiger partial charge on any atom is -0.348 e. The standard InChI is InChI=1S/C15H17ClN4/c16-14-9-19-15(10-18-14)20-7-1-2-13(20)12-5-3-11(8-17)4-6-12/h3-6,9-10,13H,1-2,7-8,17H2/t13-/m0/s1. The Bertz CT molecular complexity index is 567. The molecule has 0 bridgehead atoms. The summed E-state index contributed by atoms with van der Waals surface area (Å²) in [5.41, 5.74) is 8.10. The van der Waals surface area contributed by atoms with Crippen LogP contribution in [0.4, 0.5) is 5.82 Å². The van der Waals surface area contributed by atoms with Crippen molar-refractivity contribution in [3.63, 3.8) is 0 Å². The number of anilines is 1. The Morgan fingerprint density at radius 3 is 2.65 bits per heavy atom. The average molecular weight is 289 g/mol. The van der Waals surface area contributed by atoms with Gasteiger partial charge in [-0.2, -0.15) is 0 Å². The summed E-state index contributed by atoms with van der Waals surface area (Å²) in [4.78, 5) is 10.8. The van der Waals surface area contributed by atoms with Crippen LogP contribution in [0.1, 0.15) is 30.0 Å². The van der Waals surface area contributed by atoms with Gasteiger partial charge in [-0.3, -0.25) is 0 Å². The molecule has 2 N–H and O–H groups in total. The van der Waals surface area contributed by atoms with E-state index in [0.29, 0.717) is 17.7 Å². The fourth-order valence-corrected chi connectivity index (χ4v) is 2.81. The molecule has 1 aromatic heterocycles. The summed E-state index contributed by atoms with van der Waals surface area (Å²) in [6.45, 7) is 1.58. The van der Waals surface area contributed by atoms with Gasteiger partial charge < -0.3 is 10.6 Å². The second kappa shape index (κ2) is 5.77. The van der Waals surface area contributed by atoms with Gasteiger partial charge in [0.15, 0.2) is 0 Å². The molecule has 1 atom stereocenters. The Morgan fingerprint density at radius 2 is 2.00 bits per heavy atom. The molecule has 2 heterocycles. The fraction of sp³-hybridized carbons (Fsp3) is 0.333. The van der Waals surface area contributed by atoms with Crippen molar-refractivity contribution in [1.82, 2.24) is 9.97 Å². The van der Waals surface area contributed by atoms with Crippen LogP contribution in [0.15, 0.2) is 36.7 Å². The van der Waals surface area contributed by atoms with Gasteiger partial charge in [-0.1, -0.05) is 35.9 Å². The maximum Gasteiger partial charge on any atom is 0.147 e. The van der Waals surface area contributed by atoms with Crippen LogP contribution in [-0.2, 0) is 6.54 Å². The van der Waals surface area contributed by atoms with Gasteiger partial charge in [0.25, 0.3) is 0 Å². The smallest absolute Gasteiger partial charge is 0.147 e. The third kappa shape index (κ3) is 2.62. The molecule has 1 aliphatic rings. The number of rotatable bonds is 3. The number of nitrogens with zero attached hydrogens (tertiary/aromatic N) is 3. The Hall–Kier alpha value is -1.65. The number of hydrogen-bond donors (Lipinski definition) is 1. The lowest BCUT2D eigenvalue weighted by atomic mass is 10.0. The number of nitrogens with two attached hydrogens (primary N) is 1. The van der Waals surface area contributed by atoms with Crippen LogP contribution in [0.3, 0.4) is 0 Å². The van der Waals surface area contributed by atoms with Crippen molar-refractivity contribution >= 4 is 17.4 Å². The highest BCUT2D eigenvalue weighted by molar-refractivity contribution is 6.29. The van der Waals surface area contributed by atoms with Crippen molar-refractivity contribution in [1.29, 1.82) is 0 Å². The molecular formula is C15H17ClN4. The molecule has 1 saturated heterocycles. The second-order valence-corrected chi connectivity index (χ2v) is 5.38. The van der Waals surface area contributed by atoms with Crippen LogP contribution in [0.5, 0.6) is 0 Å². The SMILES string of the molecule is NCc1ccc([C@@H]2CCCN2c2cnc(Cl)cn2)cc1. The topological polar surface area (TPSA) is 55.0 Å². The van der Waals surface area contributed by atoms with Gasteiger partial charge in [0.1, 0.15) is 11.0 Å². The highest BCUT2D eigenvalue weighted by Gasteiger charge is 2.27. The highest BCUT2D eigenvalue weighted by atomic mass is 35.5. The molecule has 4 nitrogen and oxygen atoms in total. The lowest BCUT2D eigenvalue weighted by Gasteiger charge is -2.25. The van der Waals surface area contributed by atoms with Crippen molar-refractivity contribution in [3.05, 3.63) is 52.9 Å². The number of hydrogen-bond acceptors (Lipinski definition) is 4. The van der Waals surface area contributed by atoms with Crippen molar-refractivity contribution in [2.45, 2.75) is 25.4 Å². The number of benzene rings is 1. The summed E-state index contributed by atoms with van der Waals surface area (Å²) < 4.78 is 0. The zero-order valence-electron chi connectivity index (χ0n) is 11.2. The molecule has 5 heteroatoms. The third-order valence-electron chi connectivity index (χ3n) is 3.75. The lowest BCUT2D eigenvalue weighted by Crippen LogP contribution is -2.23. The van der Waals surface area contributed by atoms with Crippen LogP contribution in [0.25, 0.3) is 0 Å². The van der Waals surface area contributed by atoms with Gasteiger partial charge >= 0.3 is 0 Å². The normalized spacial score (nSPS) is 18.5. The molecule has 104 valence electrons. The number of aromatic nitrogens is 2. The van der Waals surface area contributed by atoms with Gasteiger partial charge in [0.2, 0.25) is 0 Å². The zero-order chi connectivity index (χ0) is 13.9. The summed E-state index contributed by atoms with van der Waals surface area (Å²) in [7, 11) is 0. The lowest BCUT2D eigenvalue weighted by molar-refractivity contribution is 0.709. The van der Waals surface area contributed by atoms with E-state index in [9.17, 15) is 0 Å². The molecule has 1 fully saturated rings. The largest absolute Gasteiger partial charge is 0.348 e. The first kappa shape index (κ1) is 13.3. The average Bonchev–Trinajstić information content (AvgIpc) is 2.97.